The molecule has 0 aromatic heterocycles. The molecule has 0 rings (SSSR count). The van der Waals surface area contributed by atoms with Gasteiger partial charge in [0, 0.05) is 13.5 Å². The normalized spacial score (nSPS) is 7.00. The average Bonchev–Trinajstić information content (AvgIpc) is 2.20. The number of hydrogen-bond donors (Lipinski definition) is 2. The number of carbonyl (C=O) groups excluding carboxylic acids is 2. The van der Waals surface area contributed by atoms with Crippen molar-refractivity contribution in [2.75, 3.05) is 6.54 Å². The Hall–Kier alpha value is -1.06. The van der Waals surface area contributed by atoms with E-state index in [1.165, 1.54) is 6.92 Å². The van der Waals surface area contributed by atoms with E-state index in [0.717, 1.165) is 6.42 Å². The molecule has 86 valence electrons. The minimum Gasteiger partial charge on any atom is -0.338 e. The lowest BCUT2D eigenvalue weighted by Gasteiger charge is -2.01. The smallest absolute Gasteiger partial charge is 0.321 e. The lowest BCUT2D eigenvalue weighted by molar-refractivity contribution is -0.117. The average molecular weight is 204 g/mol. The van der Waals surface area contributed by atoms with E-state index in [1.807, 2.05) is 34.6 Å². The molecule has 4 nitrogen and oxygen atoms in total. The van der Waals surface area contributed by atoms with E-state index in [1.54, 1.807) is 0 Å². The van der Waals surface area contributed by atoms with E-state index in [4.69, 9.17) is 0 Å². The molecular weight excluding hydrogens is 180 g/mol. The summed E-state index contributed by atoms with van der Waals surface area (Å²) >= 11 is 0. The predicted molar refractivity (Wildman–Crippen MR) is 60.2 cm³/mol. The molecule has 0 aromatic rings. The zero-order chi connectivity index (χ0) is 12.0. The summed E-state index contributed by atoms with van der Waals surface area (Å²) in [7, 11) is 0. The van der Waals surface area contributed by atoms with E-state index in [0.29, 0.717) is 6.54 Å². The van der Waals surface area contributed by atoms with Crippen LogP contribution in [0.4, 0.5) is 4.79 Å². The molecule has 0 atom stereocenters. The van der Waals surface area contributed by atoms with Gasteiger partial charge in [-0.2, -0.15) is 0 Å². The Kier molecular flexibility index (Phi) is 23.8. The lowest BCUT2D eigenvalue weighted by Crippen LogP contribution is -2.38. The van der Waals surface area contributed by atoms with Crippen molar-refractivity contribution in [1.29, 1.82) is 0 Å². The molecule has 0 aliphatic heterocycles. The van der Waals surface area contributed by atoms with Crippen LogP contribution in [0, 0.1) is 0 Å². The van der Waals surface area contributed by atoms with Crippen molar-refractivity contribution in [1.82, 2.24) is 10.6 Å². The predicted octanol–water partition coefficient (Wildman–Crippen LogP) is 2.29. The van der Waals surface area contributed by atoms with Crippen LogP contribution in [0.3, 0.4) is 0 Å². The van der Waals surface area contributed by atoms with Gasteiger partial charge in [-0.1, -0.05) is 34.6 Å². The van der Waals surface area contributed by atoms with Crippen LogP contribution < -0.4 is 10.6 Å². The third-order valence-electron chi connectivity index (χ3n) is 0.825. The Morgan fingerprint density at radius 2 is 1.50 bits per heavy atom. The van der Waals surface area contributed by atoms with Gasteiger partial charge in [0.15, 0.2) is 0 Å². The molecular formula is C10H24N2O2. The fourth-order valence-corrected chi connectivity index (χ4v) is 0.443. The van der Waals surface area contributed by atoms with Crippen LogP contribution in [0.5, 0.6) is 0 Å². The third-order valence-corrected chi connectivity index (χ3v) is 0.825. The fraction of sp³-hybridized carbons (Fsp3) is 0.800. The van der Waals surface area contributed by atoms with Gasteiger partial charge in [-0.25, -0.2) is 4.79 Å². The van der Waals surface area contributed by atoms with Gasteiger partial charge in [0.2, 0.25) is 5.91 Å². The third kappa shape index (κ3) is 22.4. The summed E-state index contributed by atoms with van der Waals surface area (Å²) in [6.45, 7) is 11.8. The minimum atomic E-state index is -0.422. The lowest BCUT2D eigenvalue weighted by atomic mass is 10.5. The number of hydrogen-bond acceptors (Lipinski definition) is 2. The van der Waals surface area contributed by atoms with E-state index < -0.39 is 6.03 Å². The summed E-state index contributed by atoms with van der Waals surface area (Å²) in [6.07, 6.45) is 0.866. The van der Waals surface area contributed by atoms with Gasteiger partial charge in [-0.3, -0.25) is 10.1 Å². The van der Waals surface area contributed by atoms with Crippen molar-refractivity contribution in [3.63, 3.8) is 0 Å². The SMILES string of the molecule is CC.CC.CCCNC(=O)NC(C)=O. The van der Waals surface area contributed by atoms with Crippen LogP contribution in [0.1, 0.15) is 48.0 Å². The van der Waals surface area contributed by atoms with E-state index in [9.17, 15) is 9.59 Å². The Morgan fingerprint density at radius 1 is 1.07 bits per heavy atom. The molecule has 3 amide bonds. The van der Waals surface area contributed by atoms with Crippen LogP contribution in [-0.2, 0) is 4.79 Å². The first-order valence-electron chi connectivity index (χ1n) is 5.22. The van der Waals surface area contributed by atoms with Crippen molar-refractivity contribution in [2.24, 2.45) is 0 Å². The maximum absolute atomic E-state index is 10.6. The molecule has 0 spiro atoms. The van der Waals surface area contributed by atoms with Gasteiger partial charge in [0.1, 0.15) is 0 Å². The van der Waals surface area contributed by atoms with Crippen molar-refractivity contribution in [2.45, 2.75) is 48.0 Å². The second-order valence-electron chi connectivity index (χ2n) is 1.94. The Bertz CT molecular complexity index is 136. The van der Waals surface area contributed by atoms with Crippen molar-refractivity contribution >= 4 is 11.9 Å². The second kappa shape index (κ2) is 17.9. The Labute approximate surface area is 87.5 Å². The molecule has 0 radical (unpaired) electrons. The van der Waals surface area contributed by atoms with Crippen molar-refractivity contribution in [3.8, 4) is 0 Å². The molecule has 0 unspecified atom stereocenters. The Morgan fingerprint density at radius 3 is 1.79 bits per heavy atom. The van der Waals surface area contributed by atoms with Gasteiger partial charge in [0.25, 0.3) is 0 Å². The van der Waals surface area contributed by atoms with Crippen LogP contribution in [0.2, 0.25) is 0 Å². The quantitative estimate of drug-likeness (QED) is 0.725. The van der Waals surface area contributed by atoms with Gasteiger partial charge < -0.3 is 5.32 Å². The van der Waals surface area contributed by atoms with Gasteiger partial charge in [-0.15, -0.1) is 0 Å². The molecule has 2 N–H and O–H groups in total. The standard InChI is InChI=1S/C6H12N2O2.2C2H6/c1-3-4-7-6(10)8-5(2)9;2*1-2/h3-4H2,1-2H3,(H2,7,8,9,10);2*1-2H3. The van der Waals surface area contributed by atoms with Crippen LogP contribution in [-0.4, -0.2) is 18.5 Å². The number of rotatable bonds is 2. The summed E-state index contributed by atoms with van der Waals surface area (Å²) in [4.78, 5) is 20.8. The fourth-order valence-electron chi connectivity index (χ4n) is 0.443. The molecule has 0 aromatic carbocycles. The first-order valence-corrected chi connectivity index (χ1v) is 5.22. The van der Waals surface area contributed by atoms with Crippen LogP contribution >= 0.6 is 0 Å². The number of urea groups is 1. The number of carbonyl (C=O) groups is 2. The maximum atomic E-state index is 10.6. The molecule has 0 heterocycles. The van der Waals surface area contributed by atoms with E-state index in [2.05, 4.69) is 10.6 Å². The van der Waals surface area contributed by atoms with Crippen LogP contribution in [0.15, 0.2) is 0 Å². The molecule has 0 fully saturated rings. The molecule has 0 saturated heterocycles. The molecule has 14 heavy (non-hydrogen) atoms. The summed E-state index contributed by atoms with van der Waals surface area (Å²) in [5.41, 5.74) is 0. The zero-order valence-corrected chi connectivity index (χ0v) is 10.2. The largest absolute Gasteiger partial charge is 0.338 e. The number of amides is 3. The summed E-state index contributed by atoms with van der Waals surface area (Å²) in [6, 6.07) is -0.422. The summed E-state index contributed by atoms with van der Waals surface area (Å²) in [5, 5.41) is 4.58. The summed E-state index contributed by atoms with van der Waals surface area (Å²) < 4.78 is 0. The minimum absolute atomic E-state index is 0.339. The van der Waals surface area contributed by atoms with Crippen molar-refractivity contribution in [3.05, 3.63) is 0 Å². The second-order valence-corrected chi connectivity index (χ2v) is 1.94. The Balaban J connectivity index is -0.000000266. The first kappa shape index (κ1) is 18.7. The first-order chi connectivity index (χ1) is 6.66. The maximum Gasteiger partial charge on any atom is 0.321 e. The summed E-state index contributed by atoms with van der Waals surface area (Å²) in [5.74, 6) is -0.339. The van der Waals surface area contributed by atoms with Gasteiger partial charge >= 0.3 is 6.03 Å². The molecule has 4 heteroatoms. The van der Waals surface area contributed by atoms with E-state index >= 15 is 0 Å². The highest BCUT2D eigenvalue weighted by atomic mass is 16.2. The molecule has 0 aliphatic rings. The molecule has 0 bridgehead atoms. The van der Waals surface area contributed by atoms with Gasteiger partial charge in [-0.05, 0) is 6.42 Å². The highest BCUT2D eigenvalue weighted by molar-refractivity contribution is 5.92. The highest BCUT2D eigenvalue weighted by Crippen LogP contribution is 1.70. The van der Waals surface area contributed by atoms with Crippen LogP contribution in [0.25, 0.3) is 0 Å². The number of nitrogens with one attached hydrogen (secondary N) is 2. The number of imide groups is 1. The van der Waals surface area contributed by atoms with E-state index in [-0.39, 0.29) is 5.91 Å². The van der Waals surface area contributed by atoms with Crippen molar-refractivity contribution < 1.29 is 9.59 Å². The monoisotopic (exact) mass is 204 g/mol. The molecule has 0 saturated carbocycles. The molecule has 0 aliphatic carbocycles. The topological polar surface area (TPSA) is 58.2 Å². The zero-order valence-electron chi connectivity index (χ0n) is 10.2. The highest BCUT2D eigenvalue weighted by Gasteiger charge is 1.98. The van der Waals surface area contributed by atoms with Gasteiger partial charge in [0.05, 0.1) is 0 Å².